The number of nitro groups is 1. The van der Waals surface area contributed by atoms with Crippen molar-refractivity contribution in [2.24, 2.45) is 0 Å². The lowest BCUT2D eigenvalue weighted by atomic mass is 10.1. The van der Waals surface area contributed by atoms with Crippen molar-refractivity contribution in [3.05, 3.63) is 39.9 Å². The number of carbonyl (C=O) groups is 1. The zero-order valence-electron chi connectivity index (χ0n) is 11.7. The molecule has 108 valence electrons. The molecule has 0 bridgehead atoms. The molecule has 1 aliphatic rings. The lowest BCUT2D eigenvalue weighted by Crippen LogP contribution is -2.36. The highest BCUT2D eigenvalue weighted by Gasteiger charge is 2.23. The van der Waals surface area contributed by atoms with Gasteiger partial charge >= 0.3 is 0 Å². The van der Waals surface area contributed by atoms with Gasteiger partial charge in [0.25, 0.3) is 11.6 Å². The number of nitrogens with zero attached hydrogens (tertiary/aromatic N) is 2. The minimum atomic E-state index is -0.470. The van der Waals surface area contributed by atoms with Crippen molar-refractivity contribution < 1.29 is 9.72 Å². The van der Waals surface area contributed by atoms with Crippen LogP contribution >= 0.6 is 0 Å². The highest BCUT2D eigenvalue weighted by molar-refractivity contribution is 5.94. The Morgan fingerprint density at radius 3 is 2.50 bits per heavy atom. The van der Waals surface area contributed by atoms with Gasteiger partial charge in [0.15, 0.2) is 0 Å². The molecule has 0 aliphatic heterocycles. The van der Waals surface area contributed by atoms with E-state index in [2.05, 4.69) is 0 Å². The Morgan fingerprint density at radius 2 is 1.90 bits per heavy atom. The van der Waals surface area contributed by atoms with Crippen LogP contribution in [0.2, 0.25) is 0 Å². The van der Waals surface area contributed by atoms with E-state index in [1.54, 1.807) is 24.1 Å². The van der Waals surface area contributed by atoms with E-state index in [0.29, 0.717) is 5.56 Å². The van der Waals surface area contributed by atoms with E-state index in [1.807, 2.05) is 0 Å². The first-order chi connectivity index (χ1) is 9.59. The lowest BCUT2D eigenvalue weighted by Gasteiger charge is -2.27. The molecule has 5 nitrogen and oxygen atoms in total. The monoisotopic (exact) mass is 276 g/mol. The first-order valence-electron chi connectivity index (χ1n) is 7.11. The Balaban J connectivity index is 2.13. The first-order valence-corrected chi connectivity index (χ1v) is 7.11. The van der Waals surface area contributed by atoms with Crippen molar-refractivity contribution in [1.29, 1.82) is 0 Å². The van der Waals surface area contributed by atoms with Gasteiger partial charge in [-0.25, -0.2) is 0 Å². The van der Waals surface area contributed by atoms with Crippen molar-refractivity contribution in [2.75, 3.05) is 7.05 Å². The molecular weight excluding hydrogens is 256 g/mol. The van der Waals surface area contributed by atoms with Crippen LogP contribution in [0.4, 0.5) is 5.69 Å². The Kier molecular flexibility index (Phi) is 4.71. The molecule has 0 heterocycles. The van der Waals surface area contributed by atoms with Crippen LogP contribution in [0.25, 0.3) is 0 Å². The summed E-state index contributed by atoms with van der Waals surface area (Å²) in [6.07, 6.45) is 6.81. The second kappa shape index (κ2) is 6.50. The van der Waals surface area contributed by atoms with Crippen LogP contribution in [-0.2, 0) is 0 Å². The number of benzene rings is 1. The average Bonchev–Trinajstić information content (AvgIpc) is 2.75. The number of hydrogen-bond donors (Lipinski definition) is 0. The van der Waals surface area contributed by atoms with Crippen LogP contribution in [0.3, 0.4) is 0 Å². The Morgan fingerprint density at radius 1 is 1.25 bits per heavy atom. The van der Waals surface area contributed by atoms with Crippen LogP contribution in [-0.4, -0.2) is 28.8 Å². The molecular formula is C15H20N2O3. The summed E-state index contributed by atoms with van der Waals surface area (Å²) in [4.78, 5) is 24.5. The van der Waals surface area contributed by atoms with Crippen molar-refractivity contribution in [3.8, 4) is 0 Å². The summed E-state index contributed by atoms with van der Waals surface area (Å²) >= 11 is 0. The molecule has 0 unspecified atom stereocenters. The van der Waals surface area contributed by atoms with Crippen LogP contribution in [0, 0.1) is 10.1 Å². The standard InChI is InChI=1S/C15H20N2O3/c1-16(13-8-4-2-3-5-9-13)15(18)12-7-6-10-14(11-12)17(19)20/h6-7,10-11,13H,2-5,8-9H2,1H3. The molecule has 0 spiro atoms. The molecule has 5 heteroatoms. The summed E-state index contributed by atoms with van der Waals surface area (Å²) in [5.41, 5.74) is 0.357. The van der Waals surface area contributed by atoms with Gasteiger partial charge in [0.2, 0.25) is 0 Å². The van der Waals surface area contributed by atoms with E-state index in [0.717, 1.165) is 25.7 Å². The Labute approximate surface area is 118 Å². The molecule has 20 heavy (non-hydrogen) atoms. The maximum absolute atomic E-state index is 12.4. The zero-order valence-corrected chi connectivity index (χ0v) is 11.7. The van der Waals surface area contributed by atoms with Crippen molar-refractivity contribution in [1.82, 2.24) is 4.90 Å². The SMILES string of the molecule is CN(C(=O)c1cccc([N+](=O)[O-])c1)C1CCCCCC1. The van der Waals surface area contributed by atoms with Gasteiger partial charge in [0.1, 0.15) is 0 Å². The number of hydrogen-bond acceptors (Lipinski definition) is 3. The maximum Gasteiger partial charge on any atom is 0.270 e. The van der Waals surface area contributed by atoms with Crippen molar-refractivity contribution in [2.45, 2.75) is 44.6 Å². The van der Waals surface area contributed by atoms with E-state index in [-0.39, 0.29) is 17.6 Å². The Bertz CT molecular complexity index is 494. The third kappa shape index (κ3) is 3.35. The molecule has 0 atom stereocenters. The molecule has 1 aliphatic carbocycles. The molecule has 1 aromatic carbocycles. The molecule has 0 saturated heterocycles. The molecule has 0 N–H and O–H groups in total. The average molecular weight is 276 g/mol. The number of carbonyl (C=O) groups excluding carboxylic acids is 1. The predicted molar refractivity (Wildman–Crippen MR) is 76.7 cm³/mol. The van der Waals surface area contributed by atoms with Crippen LogP contribution in [0.1, 0.15) is 48.9 Å². The van der Waals surface area contributed by atoms with Gasteiger partial charge in [-0.15, -0.1) is 0 Å². The fraction of sp³-hybridized carbons (Fsp3) is 0.533. The van der Waals surface area contributed by atoms with Gasteiger partial charge in [0.05, 0.1) is 4.92 Å². The van der Waals surface area contributed by atoms with E-state index in [1.165, 1.54) is 25.0 Å². The fourth-order valence-electron chi connectivity index (χ4n) is 2.77. The quantitative estimate of drug-likeness (QED) is 0.483. The maximum atomic E-state index is 12.4. The van der Waals surface area contributed by atoms with Crippen molar-refractivity contribution in [3.63, 3.8) is 0 Å². The number of rotatable bonds is 3. The van der Waals surface area contributed by atoms with Crippen molar-refractivity contribution >= 4 is 11.6 Å². The third-order valence-corrected chi connectivity index (χ3v) is 4.00. The van der Waals surface area contributed by atoms with Gasteiger partial charge in [-0.3, -0.25) is 14.9 Å². The van der Waals surface area contributed by atoms with Crippen LogP contribution < -0.4 is 0 Å². The Hall–Kier alpha value is -1.91. The highest BCUT2D eigenvalue weighted by atomic mass is 16.6. The lowest BCUT2D eigenvalue weighted by molar-refractivity contribution is -0.384. The number of nitro benzene ring substituents is 1. The van der Waals surface area contributed by atoms with Gasteiger partial charge in [0, 0.05) is 30.8 Å². The fourth-order valence-corrected chi connectivity index (χ4v) is 2.77. The third-order valence-electron chi connectivity index (χ3n) is 4.00. The summed E-state index contributed by atoms with van der Waals surface area (Å²) in [5, 5.41) is 10.8. The molecule has 0 radical (unpaired) electrons. The summed E-state index contributed by atoms with van der Waals surface area (Å²) in [7, 11) is 1.80. The predicted octanol–water partition coefficient (Wildman–Crippen LogP) is 3.39. The highest BCUT2D eigenvalue weighted by Crippen LogP contribution is 2.23. The minimum absolute atomic E-state index is 0.0369. The summed E-state index contributed by atoms with van der Waals surface area (Å²) in [6, 6.07) is 6.22. The molecule has 2 rings (SSSR count). The normalized spacial score (nSPS) is 16.4. The van der Waals surface area contributed by atoms with E-state index in [4.69, 9.17) is 0 Å². The van der Waals surface area contributed by atoms with E-state index < -0.39 is 4.92 Å². The summed E-state index contributed by atoms with van der Waals surface area (Å²) < 4.78 is 0. The van der Waals surface area contributed by atoms with Crippen LogP contribution in [0.15, 0.2) is 24.3 Å². The topological polar surface area (TPSA) is 63.5 Å². The molecule has 1 fully saturated rings. The first kappa shape index (κ1) is 14.5. The van der Waals surface area contributed by atoms with E-state index in [9.17, 15) is 14.9 Å². The molecule has 0 aromatic heterocycles. The van der Waals surface area contributed by atoms with Gasteiger partial charge in [-0.1, -0.05) is 31.7 Å². The van der Waals surface area contributed by atoms with E-state index >= 15 is 0 Å². The zero-order chi connectivity index (χ0) is 14.5. The molecule has 1 amide bonds. The van der Waals surface area contributed by atoms with Gasteiger partial charge < -0.3 is 4.90 Å². The summed E-state index contributed by atoms with van der Waals surface area (Å²) in [6.45, 7) is 0. The van der Waals surface area contributed by atoms with Gasteiger partial charge in [-0.05, 0) is 18.9 Å². The van der Waals surface area contributed by atoms with Gasteiger partial charge in [-0.2, -0.15) is 0 Å². The van der Waals surface area contributed by atoms with Crippen LogP contribution in [0.5, 0.6) is 0 Å². The minimum Gasteiger partial charge on any atom is -0.339 e. The second-order valence-corrected chi connectivity index (χ2v) is 5.37. The number of amides is 1. The molecule has 1 aromatic rings. The largest absolute Gasteiger partial charge is 0.339 e. The summed E-state index contributed by atoms with van der Waals surface area (Å²) in [5.74, 6) is -0.124. The smallest absolute Gasteiger partial charge is 0.270 e. The number of non-ortho nitro benzene ring substituents is 1. The molecule has 1 saturated carbocycles. The second-order valence-electron chi connectivity index (χ2n) is 5.37.